The fourth-order valence-electron chi connectivity index (χ4n) is 4.10. The lowest BCUT2D eigenvalue weighted by Gasteiger charge is -2.36. The first-order valence-electron chi connectivity index (χ1n) is 6.93. The predicted molar refractivity (Wildman–Crippen MR) is 73.6 cm³/mol. The number of nitrogens with zero attached hydrogens (tertiary/aromatic N) is 4. The number of fused-ring (bicyclic) bond motifs is 3. The molecule has 0 spiro atoms. The Morgan fingerprint density at radius 3 is 2.76 bits per heavy atom. The Morgan fingerprint density at radius 2 is 2.00 bits per heavy atom. The van der Waals surface area contributed by atoms with Crippen LogP contribution in [0.15, 0.2) is 12.7 Å². The van der Waals surface area contributed by atoms with Gasteiger partial charge in [0.2, 0.25) is 0 Å². The van der Waals surface area contributed by atoms with Crippen LogP contribution in [-0.4, -0.2) is 53.7 Å². The first-order chi connectivity index (χ1) is 10.1. The highest BCUT2D eigenvalue weighted by Crippen LogP contribution is 2.54. The van der Waals surface area contributed by atoms with Crippen LogP contribution in [0.4, 0.5) is 0 Å². The van der Waals surface area contributed by atoms with Crippen LogP contribution in [0.2, 0.25) is 5.15 Å². The zero-order valence-electron chi connectivity index (χ0n) is 11.0. The van der Waals surface area contributed by atoms with E-state index in [0.29, 0.717) is 17.6 Å². The quantitative estimate of drug-likeness (QED) is 0.675. The highest BCUT2D eigenvalue weighted by atomic mass is 35.5. The molecule has 2 bridgehead atoms. The third-order valence-electron chi connectivity index (χ3n) is 5.04. The van der Waals surface area contributed by atoms with Gasteiger partial charge in [0.1, 0.15) is 11.8 Å². The second-order valence-electron chi connectivity index (χ2n) is 5.87. The molecule has 2 aliphatic carbocycles. The fraction of sp³-hybridized carbons (Fsp3) is 0.615. The molecule has 0 aliphatic heterocycles. The van der Waals surface area contributed by atoms with Gasteiger partial charge >= 0.3 is 0 Å². The molecule has 4 rings (SSSR count). The molecule has 0 aromatic carbocycles. The van der Waals surface area contributed by atoms with E-state index < -0.39 is 12.2 Å². The van der Waals surface area contributed by atoms with Crippen LogP contribution in [0.5, 0.6) is 0 Å². The summed E-state index contributed by atoms with van der Waals surface area (Å²) in [6.45, 7) is -0.106. The van der Waals surface area contributed by atoms with Crippen LogP contribution >= 0.6 is 11.6 Å². The third kappa shape index (κ3) is 1.69. The molecular weight excluding hydrogens is 296 g/mol. The largest absolute Gasteiger partial charge is 0.396 e. The zero-order valence-corrected chi connectivity index (χ0v) is 11.8. The first-order valence-corrected chi connectivity index (χ1v) is 7.31. The third-order valence-corrected chi connectivity index (χ3v) is 5.32. The van der Waals surface area contributed by atoms with Crippen molar-refractivity contribution in [1.29, 1.82) is 0 Å². The van der Waals surface area contributed by atoms with Gasteiger partial charge in [0.05, 0.1) is 24.6 Å². The van der Waals surface area contributed by atoms with E-state index >= 15 is 0 Å². The summed E-state index contributed by atoms with van der Waals surface area (Å²) >= 11 is 5.99. The van der Waals surface area contributed by atoms with Crippen molar-refractivity contribution in [3.05, 3.63) is 17.8 Å². The minimum Gasteiger partial charge on any atom is -0.396 e. The highest BCUT2D eigenvalue weighted by molar-refractivity contribution is 6.33. The molecule has 2 fully saturated rings. The maximum Gasteiger partial charge on any atom is 0.165 e. The van der Waals surface area contributed by atoms with Gasteiger partial charge in [-0.05, 0) is 12.3 Å². The van der Waals surface area contributed by atoms with E-state index in [1.54, 1.807) is 10.9 Å². The number of imidazole rings is 1. The van der Waals surface area contributed by atoms with Gasteiger partial charge in [-0.15, -0.1) is 0 Å². The van der Waals surface area contributed by atoms with Gasteiger partial charge in [-0.25, -0.2) is 15.0 Å². The molecule has 0 radical (unpaired) electrons. The van der Waals surface area contributed by atoms with Crippen molar-refractivity contribution in [1.82, 2.24) is 19.5 Å². The number of rotatable bonds is 2. The van der Waals surface area contributed by atoms with Gasteiger partial charge in [-0.2, -0.15) is 0 Å². The number of aromatic nitrogens is 4. The number of aliphatic hydroxyl groups excluding tert-OH is 3. The average Bonchev–Trinajstić information content (AvgIpc) is 3.11. The second-order valence-corrected chi connectivity index (χ2v) is 6.23. The molecular formula is C13H15ClN4O3. The molecule has 2 aliphatic rings. The van der Waals surface area contributed by atoms with Crippen molar-refractivity contribution in [2.45, 2.75) is 24.7 Å². The zero-order chi connectivity index (χ0) is 14.7. The minimum absolute atomic E-state index is 0.102. The summed E-state index contributed by atoms with van der Waals surface area (Å²) in [5.74, 6) is -0.475. The van der Waals surface area contributed by atoms with E-state index in [4.69, 9.17) is 11.6 Å². The van der Waals surface area contributed by atoms with E-state index in [1.807, 2.05) is 0 Å². The molecule has 2 aromatic heterocycles. The monoisotopic (exact) mass is 310 g/mol. The molecule has 0 amide bonds. The minimum atomic E-state index is -0.637. The lowest BCUT2D eigenvalue weighted by molar-refractivity contribution is -0.0524. The lowest BCUT2D eigenvalue weighted by atomic mass is 9.82. The maximum absolute atomic E-state index is 10.6. The van der Waals surface area contributed by atoms with E-state index in [0.717, 1.165) is 0 Å². The summed E-state index contributed by atoms with van der Waals surface area (Å²) in [7, 11) is 0. The fourth-order valence-corrected chi connectivity index (χ4v) is 4.27. The Kier molecular flexibility index (Phi) is 2.94. The van der Waals surface area contributed by atoms with Gasteiger partial charge in [-0.1, -0.05) is 11.6 Å². The van der Waals surface area contributed by atoms with Gasteiger partial charge in [0.15, 0.2) is 10.8 Å². The SMILES string of the molecule is OC[C@H]1[C@H](O)[C@@H]2C[C@H]1[C@@H](O)[C@@H]2n1cnc2c(Cl)ncnc21. The van der Waals surface area contributed by atoms with Crippen molar-refractivity contribution in [3.8, 4) is 0 Å². The Morgan fingerprint density at radius 1 is 1.19 bits per heavy atom. The van der Waals surface area contributed by atoms with Crippen molar-refractivity contribution in [3.63, 3.8) is 0 Å². The van der Waals surface area contributed by atoms with E-state index in [9.17, 15) is 15.3 Å². The first kappa shape index (κ1) is 13.4. The number of aliphatic hydroxyl groups is 3. The van der Waals surface area contributed by atoms with Crippen LogP contribution in [0.25, 0.3) is 11.2 Å². The highest BCUT2D eigenvalue weighted by Gasteiger charge is 2.58. The summed E-state index contributed by atoms with van der Waals surface area (Å²) in [4.78, 5) is 12.3. The number of hydrogen-bond donors (Lipinski definition) is 3. The summed E-state index contributed by atoms with van der Waals surface area (Å²) in [5.41, 5.74) is 1.04. The van der Waals surface area contributed by atoms with Crippen molar-refractivity contribution in [2.24, 2.45) is 17.8 Å². The molecule has 3 N–H and O–H groups in total. The molecule has 2 heterocycles. The molecule has 6 atom stereocenters. The Balaban J connectivity index is 1.79. The summed E-state index contributed by atoms with van der Waals surface area (Å²) < 4.78 is 1.77. The predicted octanol–water partition coefficient (Wildman–Crippen LogP) is 0.000800. The smallest absolute Gasteiger partial charge is 0.165 e. The van der Waals surface area contributed by atoms with Crippen LogP contribution in [-0.2, 0) is 0 Å². The summed E-state index contributed by atoms with van der Waals surface area (Å²) in [6, 6.07) is -0.302. The van der Waals surface area contributed by atoms with Crippen LogP contribution < -0.4 is 0 Å². The normalized spacial score (nSPS) is 38.5. The second kappa shape index (κ2) is 4.61. The van der Waals surface area contributed by atoms with Gasteiger partial charge in [-0.3, -0.25) is 0 Å². The van der Waals surface area contributed by atoms with Gasteiger partial charge in [0.25, 0.3) is 0 Å². The van der Waals surface area contributed by atoms with Crippen molar-refractivity contribution in [2.75, 3.05) is 6.61 Å². The van der Waals surface area contributed by atoms with Gasteiger partial charge in [0, 0.05) is 18.4 Å². The van der Waals surface area contributed by atoms with Crippen molar-refractivity contribution >= 4 is 22.8 Å². The molecule has 0 saturated heterocycles. The topological polar surface area (TPSA) is 104 Å². The standard InChI is InChI=1S/C13H15ClN4O3/c14-12-8-13(16-3-15-12)18(4-17-8)9-6-1-5(11(9)21)7(2-19)10(6)20/h3-7,9-11,19-21H,1-2H2/t5-,6-,7-,9-,10-,11-/m1/s1. The Labute approximate surface area is 125 Å². The molecule has 7 nitrogen and oxygen atoms in total. The number of halogens is 1. The molecule has 2 aromatic rings. The average molecular weight is 311 g/mol. The Bertz CT molecular complexity index is 693. The summed E-state index contributed by atoms with van der Waals surface area (Å²) in [6.07, 6.45) is 2.37. The number of hydrogen-bond acceptors (Lipinski definition) is 6. The van der Waals surface area contributed by atoms with E-state index in [-0.39, 0.29) is 35.6 Å². The van der Waals surface area contributed by atoms with Crippen LogP contribution in [0.1, 0.15) is 12.5 Å². The van der Waals surface area contributed by atoms with Crippen LogP contribution in [0.3, 0.4) is 0 Å². The molecule has 112 valence electrons. The lowest BCUT2D eigenvalue weighted by Crippen LogP contribution is -2.43. The van der Waals surface area contributed by atoms with Gasteiger partial charge < -0.3 is 19.9 Å². The molecule has 0 unspecified atom stereocenters. The Hall–Kier alpha value is -1.28. The van der Waals surface area contributed by atoms with Crippen LogP contribution in [0, 0.1) is 17.8 Å². The van der Waals surface area contributed by atoms with E-state index in [1.165, 1.54) is 6.33 Å². The van der Waals surface area contributed by atoms with E-state index in [2.05, 4.69) is 15.0 Å². The molecule has 2 saturated carbocycles. The maximum atomic E-state index is 10.6. The summed E-state index contributed by atoms with van der Waals surface area (Å²) in [5, 5.41) is 30.5. The van der Waals surface area contributed by atoms with Crippen molar-refractivity contribution < 1.29 is 15.3 Å². The molecule has 21 heavy (non-hydrogen) atoms. The molecule has 8 heteroatoms.